The molecule has 0 aromatic heterocycles. The molecule has 0 fully saturated rings. The van der Waals surface area contributed by atoms with E-state index in [1.807, 2.05) is 0 Å². The first-order valence-electron chi connectivity index (χ1n) is 5.70. The molecule has 2 aromatic carbocycles. The van der Waals surface area contributed by atoms with Gasteiger partial charge < -0.3 is 11.1 Å². The van der Waals surface area contributed by atoms with Gasteiger partial charge in [-0.05, 0) is 37.3 Å². The number of nitrogens with two attached hydrogens (primary N) is 1. The molecule has 0 atom stereocenters. The quantitative estimate of drug-likeness (QED) is 0.829. The molecule has 1 amide bonds. The van der Waals surface area contributed by atoms with Gasteiger partial charge in [0.15, 0.2) is 0 Å². The minimum absolute atomic E-state index is 0.0545. The number of carbonyl (C=O) groups excluding carboxylic acids is 1. The van der Waals surface area contributed by atoms with Crippen LogP contribution in [0.2, 0.25) is 5.02 Å². The Balaban J connectivity index is 2.28. The maximum absolute atomic E-state index is 13.5. The van der Waals surface area contributed by atoms with Crippen LogP contribution in [-0.2, 0) is 0 Å². The van der Waals surface area contributed by atoms with Crippen molar-refractivity contribution in [3.8, 4) is 0 Å². The number of benzene rings is 2. The average molecular weight is 297 g/mol. The standard InChI is InChI=1S/C14H11ClF2N2O/c1-7-11(17)4-8(5-12(7)18)14(20)19-13-3-2-9(16)6-10(13)15/h2-6H,18H2,1H3,(H,19,20). The van der Waals surface area contributed by atoms with E-state index >= 15 is 0 Å². The fraction of sp³-hybridized carbons (Fsp3) is 0.0714. The van der Waals surface area contributed by atoms with Crippen molar-refractivity contribution < 1.29 is 13.6 Å². The molecule has 3 N–H and O–H groups in total. The minimum Gasteiger partial charge on any atom is -0.398 e. The molecule has 0 unspecified atom stereocenters. The van der Waals surface area contributed by atoms with Gasteiger partial charge in [0.25, 0.3) is 5.91 Å². The fourth-order valence-corrected chi connectivity index (χ4v) is 1.83. The molecule has 3 nitrogen and oxygen atoms in total. The van der Waals surface area contributed by atoms with Crippen molar-refractivity contribution in [2.45, 2.75) is 6.92 Å². The highest BCUT2D eigenvalue weighted by molar-refractivity contribution is 6.33. The van der Waals surface area contributed by atoms with Crippen LogP contribution in [0.4, 0.5) is 20.2 Å². The van der Waals surface area contributed by atoms with E-state index in [4.69, 9.17) is 17.3 Å². The first-order chi connectivity index (χ1) is 9.38. The lowest BCUT2D eigenvalue weighted by Gasteiger charge is -2.09. The molecular formula is C14H11ClF2N2O. The third kappa shape index (κ3) is 2.88. The minimum atomic E-state index is -0.580. The summed E-state index contributed by atoms with van der Waals surface area (Å²) in [6.07, 6.45) is 0. The molecule has 20 heavy (non-hydrogen) atoms. The summed E-state index contributed by atoms with van der Waals surface area (Å²) in [6, 6.07) is 6.00. The van der Waals surface area contributed by atoms with Crippen molar-refractivity contribution in [1.82, 2.24) is 0 Å². The molecule has 0 heterocycles. The molecule has 104 valence electrons. The normalized spacial score (nSPS) is 10.4. The summed E-state index contributed by atoms with van der Waals surface area (Å²) in [4.78, 5) is 12.0. The van der Waals surface area contributed by atoms with Crippen LogP contribution < -0.4 is 11.1 Å². The number of amides is 1. The molecule has 0 aliphatic heterocycles. The van der Waals surface area contributed by atoms with E-state index < -0.39 is 17.5 Å². The Morgan fingerprint density at radius 2 is 1.95 bits per heavy atom. The number of nitrogen functional groups attached to an aromatic ring is 1. The highest BCUT2D eigenvalue weighted by Gasteiger charge is 2.13. The molecule has 0 radical (unpaired) electrons. The van der Waals surface area contributed by atoms with Crippen LogP contribution in [0.3, 0.4) is 0 Å². The maximum Gasteiger partial charge on any atom is 0.255 e. The Morgan fingerprint density at radius 1 is 1.25 bits per heavy atom. The number of hydrogen-bond donors (Lipinski definition) is 2. The van der Waals surface area contributed by atoms with E-state index in [0.717, 1.165) is 18.2 Å². The summed E-state index contributed by atoms with van der Waals surface area (Å²) in [5.74, 6) is -1.66. The Labute approximate surface area is 119 Å². The summed E-state index contributed by atoms with van der Waals surface area (Å²) in [5, 5.41) is 2.52. The SMILES string of the molecule is Cc1c(N)cc(C(=O)Nc2ccc(F)cc2Cl)cc1F. The molecule has 0 aliphatic carbocycles. The van der Waals surface area contributed by atoms with Gasteiger partial charge in [-0.3, -0.25) is 4.79 Å². The fourth-order valence-electron chi connectivity index (χ4n) is 1.62. The smallest absolute Gasteiger partial charge is 0.255 e. The van der Waals surface area contributed by atoms with Gasteiger partial charge >= 0.3 is 0 Å². The lowest BCUT2D eigenvalue weighted by molar-refractivity contribution is 0.102. The van der Waals surface area contributed by atoms with Gasteiger partial charge in [-0.15, -0.1) is 0 Å². The Morgan fingerprint density at radius 3 is 2.55 bits per heavy atom. The van der Waals surface area contributed by atoms with Crippen molar-refractivity contribution in [3.63, 3.8) is 0 Å². The summed E-state index contributed by atoms with van der Waals surface area (Å²) in [6.45, 7) is 1.52. The second-order valence-corrected chi connectivity index (χ2v) is 4.66. The van der Waals surface area contributed by atoms with Gasteiger partial charge in [0.05, 0.1) is 10.7 Å². The predicted octanol–water partition coefficient (Wildman–Crippen LogP) is 3.76. The first kappa shape index (κ1) is 14.3. The summed E-state index contributed by atoms with van der Waals surface area (Å²) in [7, 11) is 0. The molecule has 0 saturated carbocycles. The lowest BCUT2D eigenvalue weighted by atomic mass is 10.1. The van der Waals surface area contributed by atoms with Crippen LogP contribution >= 0.6 is 11.6 Å². The average Bonchev–Trinajstić information content (AvgIpc) is 2.38. The zero-order chi connectivity index (χ0) is 14.9. The van der Waals surface area contributed by atoms with E-state index in [2.05, 4.69) is 5.32 Å². The second-order valence-electron chi connectivity index (χ2n) is 4.25. The Hall–Kier alpha value is -2.14. The van der Waals surface area contributed by atoms with Gasteiger partial charge in [-0.25, -0.2) is 8.78 Å². The van der Waals surface area contributed by atoms with Crippen LogP contribution in [-0.4, -0.2) is 5.91 Å². The van der Waals surface area contributed by atoms with Crippen molar-refractivity contribution in [3.05, 3.63) is 58.1 Å². The Bertz CT molecular complexity index is 666. The van der Waals surface area contributed by atoms with Gasteiger partial charge in [0.1, 0.15) is 11.6 Å². The van der Waals surface area contributed by atoms with E-state index in [0.29, 0.717) is 0 Å². The van der Waals surface area contributed by atoms with E-state index in [9.17, 15) is 13.6 Å². The summed E-state index contributed by atoms with van der Waals surface area (Å²) >= 11 is 5.80. The van der Waals surface area contributed by atoms with Crippen molar-refractivity contribution in [2.75, 3.05) is 11.1 Å². The highest BCUT2D eigenvalue weighted by Crippen LogP contribution is 2.24. The number of halogens is 3. The number of hydrogen-bond acceptors (Lipinski definition) is 2. The van der Waals surface area contributed by atoms with Crippen LogP contribution in [0, 0.1) is 18.6 Å². The molecule has 0 saturated heterocycles. The van der Waals surface area contributed by atoms with E-state index in [1.165, 1.54) is 19.1 Å². The molecule has 0 aliphatic rings. The second kappa shape index (κ2) is 5.46. The van der Waals surface area contributed by atoms with Crippen LogP contribution in [0.1, 0.15) is 15.9 Å². The van der Waals surface area contributed by atoms with Crippen molar-refractivity contribution in [2.24, 2.45) is 0 Å². The van der Waals surface area contributed by atoms with Gasteiger partial charge in [0.2, 0.25) is 0 Å². The number of rotatable bonds is 2. The molecule has 0 spiro atoms. The number of nitrogens with one attached hydrogen (secondary N) is 1. The zero-order valence-electron chi connectivity index (χ0n) is 10.5. The highest BCUT2D eigenvalue weighted by atomic mass is 35.5. The third-order valence-corrected chi connectivity index (χ3v) is 3.14. The number of anilines is 2. The van der Waals surface area contributed by atoms with Gasteiger partial charge in [-0.2, -0.15) is 0 Å². The summed E-state index contributed by atoms with van der Waals surface area (Å²) in [5.41, 5.74) is 6.36. The summed E-state index contributed by atoms with van der Waals surface area (Å²) < 4.78 is 26.4. The lowest BCUT2D eigenvalue weighted by Crippen LogP contribution is -2.13. The third-order valence-electron chi connectivity index (χ3n) is 2.83. The zero-order valence-corrected chi connectivity index (χ0v) is 11.3. The van der Waals surface area contributed by atoms with Crippen LogP contribution in [0.5, 0.6) is 0 Å². The number of carbonyl (C=O) groups is 1. The topological polar surface area (TPSA) is 55.1 Å². The van der Waals surface area contributed by atoms with Gasteiger partial charge in [-0.1, -0.05) is 11.6 Å². The predicted molar refractivity (Wildman–Crippen MR) is 74.9 cm³/mol. The largest absolute Gasteiger partial charge is 0.398 e. The molecule has 2 rings (SSSR count). The first-order valence-corrected chi connectivity index (χ1v) is 6.08. The van der Waals surface area contributed by atoms with E-state index in [-0.39, 0.29) is 27.5 Å². The van der Waals surface area contributed by atoms with E-state index in [1.54, 1.807) is 0 Å². The molecular weight excluding hydrogens is 286 g/mol. The Kier molecular flexibility index (Phi) is 3.90. The van der Waals surface area contributed by atoms with Crippen LogP contribution in [0.15, 0.2) is 30.3 Å². The maximum atomic E-state index is 13.5. The van der Waals surface area contributed by atoms with Crippen molar-refractivity contribution >= 4 is 28.9 Å². The molecule has 2 aromatic rings. The van der Waals surface area contributed by atoms with Crippen molar-refractivity contribution in [1.29, 1.82) is 0 Å². The molecule has 0 bridgehead atoms. The van der Waals surface area contributed by atoms with Gasteiger partial charge in [0, 0.05) is 16.8 Å². The monoisotopic (exact) mass is 296 g/mol. The molecule has 6 heteroatoms. The van der Waals surface area contributed by atoms with Crippen LogP contribution in [0.25, 0.3) is 0 Å².